The maximum atomic E-state index is 12.8. The SMILES string of the molecule is CCCCC/C=C/C/C=C/C/C=C/C/C=C/CCCC(=O)O[C@H](COC(=O)CCCCCCC/C=C/C/C=C/CCCCC)COC(=O)CCCCCCCCCCCCCCCCCCCCC. The molecule has 398 valence electrons. The Labute approximate surface area is 427 Å². The van der Waals surface area contributed by atoms with Gasteiger partial charge in [0.2, 0.25) is 0 Å². The standard InChI is InChI=1S/C63H110O6/c1-4-7-10-13-16-19-22-25-28-30-31-33-35-38-41-44-47-50-53-56-62(65)68-59-60(58-67-61(64)55-52-49-46-43-40-37-34-27-24-21-18-15-12-9-6-3)69-63(66)57-54-51-48-45-42-39-36-32-29-26-23-20-17-14-11-8-5-2/h17-18,20-21,26-27,29,34,36,39,45,48,60H,4-16,19,22-25,28,30-33,35,37-38,40-44,46-47,49-59H2,1-3H3/b20-17+,21-18+,29-26+,34-27+,39-36+,48-45+/t60-/m1/s1. The highest BCUT2D eigenvalue weighted by molar-refractivity contribution is 5.71. The zero-order valence-corrected chi connectivity index (χ0v) is 45.6. The summed E-state index contributed by atoms with van der Waals surface area (Å²) in [4.78, 5) is 38.2. The van der Waals surface area contributed by atoms with Crippen LogP contribution in [-0.4, -0.2) is 37.2 Å². The van der Waals surface area contributed by atoms with Gasteiger partial charge in [0.05, 0.1) is 0 Å². The summed E-state index contributed by atoms with van der Waals surface area (Å²) in [5, 5.41) is 0. The van der Waals surface area contributed by atoms with E-state index < -0.39 is 6.10 Å². The Kier molecular flexibility index (Phi) is 54.8. The first-order valence-electron chi connectivity index (χ1n) is 29.4. The van der Waals surface area contributed by atoms with Crippen LogP contribution in [0.15, 0.2) is 72.9 Å². The van der Waals surface area contributed by atoms with E-state index in [4.69, 9.17) is 14.2 Å². The number of esters is 3. The number of ether oxygens (including phenoxy) is 3. The molecule has 0 saturated carbocycles. The van der Waals surface area contributed by atoms with Crippen molar-refractivity contribution in [1.29, 1.82) is 0 Å². The van der Waals surface area contributed by atoms with Crippen LogP contribution in [0.4, 0.5) is 0 Å². The molecule has 0 aromatic heterocycles. The summed E-state index contributed by atoms with van der Waals surface area (Å²) in [5.41, 5.74) is 0. The molecule has 0 aliphatic carbocycles. The second kappa shape index (κ2) is 57.4. The van der Waals surface area contributed by atoms with Crippen LogP contribution >= 0.6 is 0 Å². The largest absolute Gasteiger partial charge is 0.462 e. The lowest BCUT2D eigenvalue weighted by molar-refractivity contribution is -0.167. The Morgan fingerprint density at radius 1 is 0.290 bits per heavy atom. The van der Waals surface area contributed by atoms with Crippen LogP contribution < -0.4 is 0 Å². The molecular formula is C63H110O6. The second-order valence-electron chi connectivity index (χ2n) is 19.6. The maximum Gasteiger partial charge on any atom is 0.306 e. The maximum absolute atomic E-state index is 12.8. The molecule has 0 bridgehead atoms. The van der Waals surface area contributed by atoms with E-state index in [1.807, 2.05) is 0 Å². The number of carbonyl (C=O) groups is 3. The topological polar surface area (TPSA) is 78.9 Å². The van der Waals surface area contributed by atoms with Crippen molar-refractivity contribution >= 4 is 17.9 Å². The molecule has 1 atom stereocenters. The lowest BCUT2D eigenvalue weighted by atomic mass is 10.0. The third kappa shape index (κ3) is 55.6. The van der Waals surface area contributed by atoms with Crippen molar-refractivity contribution in [2.45, 2.75) is 297 Å². The summed E-state index contributed by atoms with van der Waals surface area (Å²) >= 11 is 0. The Bertz CT molecular complexity index is 1290. The van der Waals surface area contributed by atoms with E-state index in [0.717, 1.165) is 89.9 Å². The fourth-order valence-corrected chi connectivity index (χ4v) is 8.23. The highest BCUT2D eigenvalue weighted by Gasteiger charge is 2.19. The van der Waals surface area contributed by atoms with Gasteiger partial charge in [-0.25, -0.2) is 0 Å². The van der Waals surface area contributed by atoms with E-state index in [1.54, 1.807) is 0 Å². The molecule has 0 radical (unpaired) electrons. The molecule has 0 aliphatic heterocycles. The molecule has 0 N–H and O–H groups in total. The van der Waals surface area contributed by atoms with E-state index >= 15 is 0 Å². The first kappa shape index (κ1) is 65.8. The van der Waals surface area contributed by atoms with Gasteiger partial charge in [0.1, 0.15) is 13.2 Å². The van der Waals surface area contributed by atoms with Crippen LogP contribution in [0.5, 0.6) is 0 Å². The van der Waals surface area contributed by atoms with Gasteiger partial charge < -0.3 is 14.2 Å². The molecule has 0 unspecified atom stereocenters. The van der Waals surface area contributed by atoms with Crippen LogP contribution in [0, 0.1) is 0 Å². The number of unbranched alkanes of at least 4 members (excludes halogenated alkanes) is 30. The highest BCUT2D eigenvalue weighted by Crippen LogP contribution is 2.16. The van der Waals surface area contributed by atoms with Gasteiger partial charge in [-0.3, -0.25) is 14.4 Å². The lowest BCUT2D eigenvalue weighted by Gasteiger charge is -2.18. The van der Waals surface area contributed by atoms with Crippen molar-refractivity contribution in [2.24, 2.45) is 0 Å². The van der Waals surface area contributed by atoms with Crippen LogP contribution in [0.3, 0.4) is 0 Å². The summed E-state index contributed by atoms with van der Waals surface area (Å²) in [6.45, 7) is 6.56. The minimum atomic E-state index is -0.809. The smallest absolute Gasteiger partial charge is 0.306 e. The first-order valence-corrected chi connectivity index (χ1v) is 29.4. The Morgan fingerprint density at radius 2 is 0.536 bits per heavy atom. The number of hydrogen-bond donors (Lipinski definition) is 0. The normalized spacial score (nSPS) is 12.6. The summed E-state index contributed by atoms with van der Waals surface area (Å²) in [5.74, 6) is -0.960. The van der Waals surface area contributed by atoms with Gasteiger partial charge in [-0.1, -0.05) is 254 Å². The van der Waals surface area contributed by atoms with Crippen molar-refractivity contribution < 1.29 is 28.6 Å². The number of hydrogen-bond acceptors (Lipinski definition) is 6. The number of rotatable bonds is 53. The fraction of sp³-hybridized carbons (Fsp3) is 0.762. The summed E-state index contributed by atoms with van der Waals surface area (Å²) < 4.78 is 16.8. The molecule has 6 nitrogen and oxygen atoms in total. The minimum Gasteiger partial charge on any atom is -0.462 e. The van der Waals surface area contributed by atoms with Crippen LogP contribution in [-0.2, 0) is 28.6 Å². The quantitative estimate of drug-likeness (QED) is 0.0262. The van der Waals surface area contributed by atoms with E-state index in [-0.39, 0.29) is 37.5 Å². The molecule has 0 amide bonds. The van der Waals surface area contributed by atoms with Crippen molar-refractivity contribution in [2.75, 3.05) is 13.2 Å². The van der Waals surface area contributed by atoms with Crippen molar-refractivity contribution in [1.82, 2.24) is 0 Å². The van der Waals surface area contributed by atoms with Crippen molar-refractivity contribution in [3.8, 4) is 0 Å². The Hall–Kier alpha value is -3.15. The highest BCUT2D eigenvalue weighted by atomic mass is 16.6. The molecule has 0 rings (SSSR count). The zero-order chi connectivity index (χ0) is 50.0. The molecule has 6 heteroatoms. The molecule has 69 heavy (non-hydrogen) atoms. The van der Waals surface area contributed by atoms with Crippen molar-refractivity contribution in [3.05, 3.63) is 72.9 Å². The van der Waals surface area contributed by atoms with Gasteiger partial charge in [0, 0.05) is 19.3 Å². The summed E-state index contributed by atoms with van der Waals surface area (Å²) in [6, 6.07) is 0. The average Bonchev–Trinajstić information content (AvgIpc) is 3.35. The average molecular weight is 964 g/mol. The second-order valence-corrected chi connectivity index (χ2v) is 19.6. The fourth-order valence-electron chi connectivity index (χ4n) is 8.23. The van der Waals surface area contributed by atoms with Gasteiger partial charge in [-0.15, -0.1) is 0 Å². The molecule has 0 spiro atoms. The monoisotopic (exact) mass is 963 g/mol. The molecule has 0 aromatic rings. The van der Waals surface area contributed by atoms with E-state index in [2.05, 4.69) is 93.7 Å². The van der Waals surface area contributed by atoms with Gasteiger partial charge >= 0.3 is 17.9 Å². The van der Waals surface area contributed by atoms with E-state index in [9.17, 15) is 14.4 Å². The molecule has 0 heterocycles. The van der Waals surface area contributed by atoms with Crippen LogP contribution in [0.25, 0.3) is 0 Å². The first-order chi connectivity index (χ1) is 34.0. The van der Waals surface area contributed by atoms with Crippen LogP contribution in [0.1, 0.15) is 290 Å². The van der Waals surface area contributed by atoms with Gasteiger partial charge in [0.15, 0.2) is 6.10 Å². The lowest BCUT2D eigenvalue weighted by Crippen LogP contribution is -2.30. The van der Waals surface area contributed by atoms with E-state index in [0.29, 0.717) is 19.3 Å². The predicted molar refractivity (Wildman–Crippen MR) is 298 cm³/mol. The van der Waals surface area contributed by atoms with Gasteiger partial charge in [-0.05, 0) is 89.9 Å². The van der Waals surface area contributed by atoms with Gasteiger partial charge in [0.25, 0.3) is 0 Å². The number of carbonyl (C=O) groups excluding carboxylic acids is 3. The van der Waals surface area contributed by atoms with Crippen molar-refractivity contribution in [3.63, 3.8) is 0 Å². The predicted octanol–water partition coefficient (Wildman–Crippen LogP) is 19.8. The zero-order valence-electron chi connectivity index (χ0n) is 45.6. The molecular weight excluding hydrogens is 853 g/mol. The molecule has 0 aromatic carbocycles. The molecule has 0 saturated heterocycles. The molecule has 0 fully saturated rings. The number of allylic oxidation sites excluding steroid dienone is 12. The van der Waals surface area contributed by atoms with Crippen LogP contribution in [0.2, 0.25) is 0 Å². The third-order valence-electron chi connectivity index (χ3n) is 12.7. The Balaban J connectivity index is 4.44. The summed E-state index contributed by atoms with van der Waals surface area (Å²) in [7, 11) is 0. The Morgan fingerprint density at radius 3 is 0.884 bits per heavy atom. The van der Waals surface area contributed by atoms with E-state index in [1.165, 1.54) is 154 Å². The molecule has 0 aliphatic rings. The summed E-state index contributed by atoms with van der Waals surface area (Å²) in [6.07, 6.45) is 73.3. The van der Waals surface area contributed by atoms with Gasteiger partial charge in [-0.2, -0.15) is 0 Å². The third-order valence-corrected chi connectivity index (χ3v) is 12.7. The minimum absolute atomic E-state index is 0.0994.